The number of cyclic esters (lactones) is 1. The Balaban J connectivity index is 1.68. The van der Waals surface area contributed by atoms with Crippen LogP contribution >= 0.6 is 0 Å². The molecule has 4 heterocycles. The van der Waals surface area contributed by atoms with Gasteiger partial charge in [-0.3, -0.25) is 9.59 Å². The number of halogens is 1. The van der Waals surface area contributed by atoms with Crippen molar-refractivity contribution in [2.24, 2.45) is 5.73 Å². The predicted octanol–water partition coefficient (Wildman–Crippen LogP) is 1.93. The molecule has 0 saturated heterocycles. The second-order valence-corrected chi connectivity index (χ2v) is 10.1. The number of fused-ring (bicyclic) bond motifs is 5. The molecule has 1 aromatic carbocycles. The Kier molecular flexibility index (Phi) is 5.09. The summed E-state index contributed by atoms with van der Waals surface area (Å²) < 4.78 is 21.7. The predicted molar refractivity (Wildman–Crippen MR) is 132 cm³/mol. The molecule has 0 radical (unpaired) electrons. The summed E-state index contributed by atoms with van der Waals surface area (Å²) in [4.78, 5) is 45.2. The molecule has 0 saturated carbocycles. The number of nitrogens with two attached hydrogens (primary N) is 1. The van der Waals surface area contributed by atoms with E-state index in [1.807, 2.05) is 0 Å². The largest absolute Gasteiger partial charge is 0.458 e. The lowest BCUT2D eigenvalue weighted by Gasteiger charge is -2.35. The number of amides is 1. The van der Waals surface area contributed by atoms with Crippen LogP contribution in [0.2, 0.25) is 0 Å². The van der Waals surface area contributed by atoms with Gasteiger partial charge in [0.25, 0.3) is 5.56 Å². The molecular weight excluding hydrogens is 479 g/mol. The zero-order valence-electron chi connectivity index (χ0n) is 20.9. The van der Waals surface area contributed by atoms with Crippen LogP contribution in [0.25, 0.3) is 22.3 Å². The minimum atomic E-state index is -1.94. The summed E-state index contributed by atoms with van der Waals surface area (Å²) in [5.74, 6) is -1.39. The molecule has 3 N–H and O–H groups in total. The van der Waals surface area contributed by atoms with Crippen LogP contribution in [-0.4, -0.2) is 45.0 Å². The van der Waals surface area contributed by atoms with Crippen LogP contribution in [0.4, 0.5) is 4.39 Å². The van der Waals surface area contributed by atoms with Crippen molar-refractivity contribution in [3.05, 3.63) is 61.7 Å². The number of hydrogen-bond acceptors (Lipinski definition) is 7. The highest BCUT2D eigenvalue weighted by molar-refractivity contribution is 5.94. The number of aromatic nitrogens is 2. The van der Waals surface area contributed by atoms with Crippen molar-refractivity contribution in [2.75, 3.05) is 13.6 Å². The molecule has 0 spiro atoms. The zero-order chi connectivity index (χ0) is 26.4. The lowest BCUT2D eigenvalue weighted by Crippen LogP contribution is -2.44. The van der Waals surface area contributed by atoms with Crippen LogP contribution in [0.3, 0.4) is 0 Å². The van der Waals surface area contributed by atoms with Crippen LogP contribution in [0.15, 0.2) is 16.9 Å². The van der Waals surface area contributed by atoms with Gasteiger partial charge in [0.15, 0.2) is 5.60 Å². The number of pyridine rings is 2. The van der Waals surface area contributed by atoms with E-state index in [-0.39, 0.29) is 60.6 Å². The fraction of sp³-hybridized carbons (Fsp3) is 0.407. The van der Waals surface area contributed by atoms with E-state index in [2.05, 4.69) is 0 Å². The van der Waals surface area contributed by atoms with Gasteiger partial charge in [-0.2, -0.15) is 0 Å². The Hall–Kier alpha value is -3.63. The highest BCUT2D eigenvalue weighted by Crippen LogP contribution is 2.47. The maximum absolute atomic E-state index is 15.0. The maximum atomic E-state index is 15.0. The molecule has 1 amide bonds. The minimum Gasteiger partial charge on any atom is -0.458 e. The number of rotatable bonds is 3. The summed E-state index contributed by atoms with van der Waals surface area (Å²) >= 11 is 0. The molecule has 2 aromatic heterocycles. The second kappa shape index (κ2) is 7.93. The van der Waals surface area contributed by atoms with Crippen molar-refractivity contribution < 1.29 is 23.8 Å². The number of aliphatic hydroxyl groups is 1. The highest BCUT2D eigenvalue weighted by atomic mass is 19.1. The molecule has 10 heteroatoms. The molecule has 2 atom stereocenters. The van der Waals surface area contributed by atoms with Crippen LogP contribution in [0, 0.1) is 12.7 Å². The van der Waals surface area contributed by atoms with Gasteiger partial charge in [-0.1, -0.05) is 6.92 Å². The van der Waals surface area contributed by atoms with Crippen LogP contribution in [0.1, 0.15) is 59.2 Å². The van der Waals surface area contributed by atoms with Gasteiger partial charge in [-0.25, -0.2) is 14.2 Å². The average Bonchev–Trinajstić information content (AvgIpc) is 3.27. The first-order chi connectivity index (χ1) is 17.6. The first-order valence-corrected chi connectivity index (χ1v) is 12.4. The highest BCUT2D eigenvalue weighted by Gasteiger charge is 2.46. The number of hydrogen-bond donors (Lipinski definition) is 2. The van der Waals surface area contributed by atoms with Crippen molar-refractivity contribution >= 4 is 22.8 Å². The van der Waals surface area contributed by atoms with Gasteiger partial charge >= 0.3 is 5.97 Å². The van der Waals surface area contributed by atoms with Crippen LogP contribution in [-0.2, 0) is 39.5 Å². The molecule has 192 valence electrons. The molecule has 0 fully saturated rings. The van der Waals surface area contributed by atoms with Gasteiger partial charge in [-0.15, -0.1) is 0 Å². The first-order valence-electron chi connectivity index (χ1n) is 12.4. The topological polar surface area (TPSA) is 128 Å². The quantitative estimate of drug-likeness (QED) is 0.407. The van der Waals surface area contributed by atoms with E-state index in [9.17, 15) is 23.9 Å². The van der Waals surface area contributed by atoms with Gasteiger partial charge in [0, 0.05) is 29.6 Å². The van der Waals surface area contributed by atoms with Crippen LogP contribution in [0.5, 0.6) is 0 Å². The Morgan fingerprint density at radius 2 is 2.08 bits per heavy atom. The number of carbonyl (C=O) groups is 2. The van der Waals surface area contributed by atoms with Crippen LogP contribution < -0.4 is 11.3 Å². The molecule has 3 aliphatic rings. The summed E-state index contributed by atoms with van der Waals surface area (Å²) in [6, 6.07) is 2.70. The third-order valence-corrected chi connectivity index (χ3v) is 8.38. The van der Waals surface area contributed by atoms with E-state index in [4.69, 9.17) is 15.5 Å². The number of likely N-dealkylation sites (N-methyl/N-ethyl adjacent to an activating group) is 1. The fourth-order valence-corrected chi connectivity index (χ4v) is 6.24. The van der Waals surface area contributed by atoms with Gasteiger partial charge in [0.2, 0.25) is 5.91 Å². The van der Waals surface area contributed by atoms with Crippen molar-refractivity contribution in [3.63, 3.8) is 0 Å². The van der Waals surface area contributed by atoms with E-state index < -0.39 is 11.6 Å². The number of nitrogens with zero attached hydrogens (tertiary/aromatic N) is 3. The van der Waals surface area contributed by atoms with E-state index in [1.54, 1.807) is 36.4 Å². The minimum absolute atomic E-state index is 0.0346. The summed E-state index contributed by atoms with van der Waals surface area (Å²) in [7, 11) is 1.71. The fourth-order valence-electron chi connectivity index (χ4n) is 6.24. The molecule has 9 nitrogen and oxygen atoms in total. The monoisotopic (exact) mass is 506 g/mol. The zero-order valence-corrected chi connectivity index (χ0v) is 20.9. The van der Waals surface area contributed by atoms with Gasteiger partial charge in [0.1, 0.15) is 12.4 Å². The Morgan fingerprint density at radius 3 is 2.78 bits per heavy atom. The second-order valence-electron chi connectivity index (χ2n) is 10.1. The van der Waals surface area contributed by atoms with Gasteiger partial charge < -0.3 is 25.0 Å². The Bertz CT molecular complexity index is 1610. The number of aryl methyl sites for hydroxylation is 1. The number of esters is 1. The lowest BCUT2D eigenvalue weighted by molar-refractivity contribution is -0.172. The third-order valence-electron chi connectivity index (χ3n) is 8.38. The number of ether oxygens (including phenoxy) is 1. The van der Waals surface area contributed by atoms with Crippen molar-refractivity contribution in [1.82, 2.24) is 14.5 Å². The van der Waals surface area contributed by atoms with Gasteiger partial charge in [0.05, 0.1) is 41.6 Å². The molecule has 0 unspecified atom stereocenters. The summed E-state index contributed by atoms with van der Waals surface area (Å²) in [5, 5.41) is 11.9. The maximum Gasteiger partial charge on any atom is 0.343 e. The molecule has 0 bridgehead atoms. The first kappa shape index (κ1) is 23.7. The Morgan fingerprint density at radius 1 is 1.32 bits per heavy atom. The molecule has 2 aliphatic heterocycles. The number of carbonyl (C=O) groups excluding carboxylic acids is 2. The summed E-state index contributed by atoms with van der Waals surface area (Å²) in [6.07, 6.45) is 1.18. The molecule has 1 aliphatic carbocycles. The van der Waals surface area contributed by atoms with Gasteiger partial charge in [-0.05, 0) is 48.9 Å². The molecule has 37 heavy (non-hydrogen) atoms. The van der Waals surface area contributed by atoms with Crippen molar-refractivity contribution in [1.29, 1.82) is 0 Å². The van der Waals surface area contributed by atoms with E-state index in [1.165, 1.54) is 6.07 Å². The standard InChI is InChI=1S/C27H27FN4O5/c1-4-27(36)16-7-20-24-14(10-32(20)25(34)15(16)11-37-26(27)35)23-19(31(3)21(33)9-29)6-5-13-12(2)17(28)8-18(30-24)22(13)23/h7-8,19,36H,4-6,9-11,29H2,1-3H3/t19-,27-/m0/s1. The van der Waals surface area contributed by atoms with E-state index in [0.717, 1.165) is 22.1 Å². The average molecular weight is 507 g/mol. The van der Waals surface area contributed by atoms with E-state index >= 15 is 0 Å². The third kappa shape index (κ3) is 3.02. The molecular formula is C27H27FN4O5. The molecule has 3 aromatic rings. The Labute approximate surface area is 211 Å². The van der Waals surface area contributed by atoms with Crippen molar-refractivity contribution in [2.45, 2.75) is 57.9 Å². The normalized spacial score (nSPS) is 21.4. The lowest BCUT2D eigenvalue weighted by atomic mass is 9.81. The van der Waals surface area contributed by atoms with Crippen molar-refractivity contribution in [3.8, 4) is 11.4 Å². The smallest absolute Gasteiger partial charge is 0.343 e. The summed E-state index contributed by atoms with van der Waals surface area (Å²) in [6.45, 7) is 3.22. The SMILES string of the molecule is CC[C@@]1(O)C(=O)OCc2c1cc1n(c2=O)Cc2c-1nc1cc(F)c(C)c3c1c2[C@@H](N(C)C(=O)CN)CC3. The van der Waals surface area contributed by atoms with E-state index in [0.29, 0.717) is 35.3 Å². The molecule has 6 rings (SSSR count). The number of benzene rings is 1. The summed E-state index contributed by atoms with van der Waals surface area (Å²) in [5.41, 5.74) is 8.18.